The van der Waals surface area contributed by atoms with Gasteiger partial charge in [-0.3, -0.25) is 4.57 Å². The highest BCUT2D eigenvalue weighted by Crippen LogP contribution is 2.16. The third-order valence-electron chi connectivity index (χ3n) is 3.98. The Bertz CT molecular complexity index is 752. The smallest absolute Gasteiger partial charge is 0.346 e. The van der Waals surface area contributed by atoms with Gasteiger partial charge in [0.1, 0.15) is 0 Å². The van der Waals surface area contributed by atoms with Gasteiger partial charge in [-0.2, -0.15) is 4.99 Å². The summed E-state index contributed by atoms with van der Waals surface area (Å²) in [5.41, 5.74) is 2.17. The first-order valence-electron chi connectivity index (χ1n) is 7.85. The van der Waals surface area contributed by atoms with Gasteiger partial charge < -0.3 is 9.80 Å². The fourth-order valence-electron chi connectivity index (χ4n) is 2.69. The third kappa shape index (κ3) is 3.47. The van der Waals surface area contributed by atoms with E-state index in [2.05, 4.69) is 34.2 Å². The number of carbonyl (C=O) groups excluding carboxylic acids is 1. The molecule has 0 unspecified atom stereocenters. The van der Waals surface area contributed by atoms with E-state index in [1.165, 1.54) is 0 Å². The molecule has 1 aliphatic rings. The Labute approximate surface area is 140 Å². The van der Waals surface area contributed by atoms with Crippen molar-refractivity contribution in [3.8, 4) is 5.69 Å². The molecule has 0 radical (unpaired) electrons. The van der Waals surface area contributed by atoms with E-state index in [1.54, 1.807) is 11.3 Å². The van der Waals surface area contributed by atoms with Crippen molar-refractivity contribution < 1.29 is 4.79 Å². The largest absolute Gasteiger partial charge is 0.378 e. The molecule has 0 aliphatic carbocycles. The minimum atomic E-state index is -0.122. The molecule has 0 N–H and O–H groups in total. The molecule has 2 heterocycles. The summed E-state index contributed by atoms with van der Waals surface area (Å²) in [6.07, 6.45) is 4.19. The van der Waals surface area contributed by atoms with E-state index in [1.807, 2.05) is 36.7 Å². The molecule has 1 aromatic heterocycles. The second-order valence-corrected chi connectivity index (χ2v) is 7.21. The van der Waals surface area contributed by atoms with Crippen LogP contribution in [-0.2, 0) is 0 Å². The zero-order valence-electron chi connectivity index (χ0n) is 13.8. The van der Waals surface area contributed by atoms with E-state index < -0.39 is 0 Å². The Morgan fingerprint density at radius 2 is 1.83 bits per heavy atom. The molecule has 2 aromatic rings. The number of hydrogen-bond donors (Lipinski definition) is 0. The number of thiazole rings is 1. The van der Waals surface area contributed by atoms with Gasteiger partial charge in [-0.15, -0.1) is 11.3 Å². The minimum absolute atomic E-state index is 0.122. The van der Waals surface area contributed by atoms with E-state index in [4.69, 9.17) is 0 Å². The molecule has 122 valence electrons. The highest BCUT2D eigenvalue weighted by Gasteiger charge is 2.17. The van der Waals surface area contributed by atoms with Crippen molar-refractivity contribution in [2.45, 2.75) is 19.8 Å². The lowest BCUT2D eigenvalue weighted by molar-refractivity contribution is 0.218. The van der Waals surface area contributed by atoms with Gasteiger partial charge in [-0.05, 0) is 44.0 Å². The molecule has 0 saturated carbocycles. The van der Waals surface area contributed by atoms with Gasteiger partial charge in [0.15, 0.2) is 4.80 Å². The van der Waals surface area contributed by atoms with Crippen molar-refractivity contribution in [3.63, 3.8) is 0 Å². The van der Waals surface area contributed by atoms with Crippen LogP contribution >= 0.6 is 11.3 Å². The maximum atomic E-state index is 12.3. The second kappa shape index (κ2) is 6.58. The van der Waals surface area contributed by atoms with Crippen LogP contribution in [0.3, 0.4) is 0 Å². The molecule has 2 amide bonds. The van der Waals surface area contributed by atoms with Crippen LogP contribution in [0.5, 0.6) is 0 Å². The summed E-state index contributed by atoms with van der Waals surface area (Å²) >= 11 is 1.55. The summed E-state index contributed by atoms with van der Waals surface area (Å²) in [6, 6.07) is 8.13. The average Bonchev–Trinajstić information content (AvgIpc) is 3.17. The summed E-state index contributed by atoms with van der Waals surface area (Å²) < 4.78 is 1.99. The van der Waals surface area contributed by atoms with Crippen LogP contribution in [-0.4, -0.2) is 42.7 Å². The Balaban J connectivity index is 1.95. The number of hydrogen-bond acceptors (Lipinski definition) is 3. The van der Waals surface area contributed by atoms with Gasteiger partial charge in [0.05, 0.1) is 0 Å². The van der Waals surface area contributed by atoms with Crippen LogP contribution in [0, 0.1) is 6.92 Å². The van der Waals surface area contributed by atoms with Crippen molar-refractivity contribution in [2.24, 2.45) is 4.99 Å². The molecule has 1 saturated heterocycles. The maximum absolute atomic E-state index is 12.3. The number of aromatic nitrogens is 1. The molecule has 5 nitrogen and oxygen atoms in total. The van der Waals surface area contributed by atoms with Gasteiger partial charge in [0.2, 0.25) is 0 Å². The summed E-state index contributed by atoms with van der Waals surface area (Å²) in [6.45, 7) is 3.68. The van der Waals surface area contributed by atoms with Crippen molar-refractivity contribution in [1.82, 2.24) is 9.47 Å². The van der Waals surface area contributed by atoms with E-state index in [0.717, 1.165) is 47.0 Å². The van der Waals surface area contributed by atoms with E-state index in [0.29, 0.717) is 0 Å². The van der Waals surface area contributed by atoms with Crippen molar-refractivity contribution in [1.29, 1.82) is 0 Å². The van der Waals surface area contributed by atoms with Gasteiger partial charge in [-0.1, -0.05) is 0 Å². The fraction of sp³-hybridized carbons (Fsp3) is 0.412. The lowest BCUT2D eigenvalue weighted by Gasteiger charge is -2.13. The second-order valence-electron chi connectivity index (χ2n) is 5.99. The van der Waals surface area contributed by atoms with Crippen LogP contribution in [0.25, 0.3) is 5.69 Å². The van der Waals surface area contributed by atoms with Crippen LogP contribution in [0.2, 0.25) is 0 Å². The predicted molar refractivity (Wildman–Crippen MR) is 94.5 cm³/mol. The first kappa shape index (κ1) is 15.8. The zero-order valence-corrected chi connectivity index (χ0v) is 14.6. The quantitative estimate of drug-likeness (QED) is 0.849. The molecule has 6 heteroatoms. The molecule has 0 spiro atoms. The lowest BCUT2D eigenvalue weighted by atomic mass is 10.2. The molecule has 1 aliphatic heterocycles. The average molecular weight is 330 g/mol. The monoisotopic (exact) mass is 330 g/mol. The lowest BCUT2D eigenvalue weighted by Crippen LogP contribution is -2.27. The first-order valence-corrected chi connectivity index (χ1v) is 8.67. The van der Waals surface area contributed by atoms with E-state index in [-0.39, 0.29) is 6.03 Å². The number of nitrogens with zero attached hydrogens (tertiary/aromatic N) is 4. The van der Waals surface area contributed by atoms with Crippen molar-refractivity contribution in [3.05, 3.63) is 40.1 Å². The zero-order chi connectivity index (χ0) is 16.4. The van der Waals surface area contributed by atoms with Crippen LogP contribution < -0.4 is 9.70 Å². The van der Waals surface area contributed by atoms with E-state index >= 15 is 0 Å². The van der Waals surface area contributed by atoms with Crippen molar-refractivity contribution >= 4 is 23.1 Å². The highest BCUT2D eigenvalue weighted by molar-refractivity contribution is 7.09. The SMILES string of the molecule is Cc1cn(-c2ccc(N(C)C)cc2)/c(=N/C(=O)N2CCCC2)s1. The molecule has 1 aromatic carbocycles. The Kier molecular flexibility index (Phi) is 4.52. The maximum Gasteiger partial charge on any atom is 0.346 e. The number of urea groups is 1. The number of anilines is 1. The van der Waals surface area contributed by atoms with Crippen molar-refractivity contribution in [2.75, 3.05) is 32.1 Å². The van der Waals surface area contributed by atoms with Crippen LogP contribution in [0.1, 0.15) is 17.7 Å². The Morgan fingerprint density at radius 1 is 1.17 bits per heavy atom. The molecule has 0 atom stereocenters. The Morgan fingerprint density at radius 3 is 2.43 bits per heavy atom. The number of likely N-dealkylation sites (tertiary alicyclic amines) is 1. The summed E-state index contributed by atoms with van der Waals surface area (Å²) in [5.74, 6) is 0. The summed E-state index contributed by atoms with van der Waals surface area (Å²) in [7, 11) is 4.04. The standard InChI is InChI=1S/C17H22N4OS/c1-13-12-21(15-8-6-14(7-9-15)19(2)3)17(23-13)18-16(22)20-10-4-5-11-20/h6-9,12H,4-5,10-11H2,1-3H3/b18-17-. The predicted octanol–water partition coefficient (Wildman–Crippen LogP) is 3.03. The first-order chi connectivity index (χ1) is 11.0. The van der Waals surface area contributed by atoms with Gasteiger partial charge in [0, 0.05) is 49.6 Å². The number of aryl methyl sites for hydroxylation is 1. The van der Waals surface area contributed by atoms with E-state index in [9.17, 15) is 4.79 Å². The molecule has 1 fully saturated rings. The number of benzene rings is 1. The molecule has 23 heavy (non-hydrogen) atoms. The van der Waals surface area contributed by atoms with Gasteiger partial charge in [0.25, 0.3) is 0 Å². The highest BCUT2D eigenvalue weighted by atomic mass is 32.1. The summed E-state index contributed by atoms with van der Waals surface area (Å²) in [5, 5.41) is 0. The summed E-state index contributed by atoms with van der Waals surface area (Å²) in [4.78, 5) is 22.4. The molecule has 0 bridgehead atoms. The van der Waals surface area contributed by atoms with Gasteiger partial charge in [-0.25, -0.2) is 4.79 Å². The number of amides is 2. The fourth-order valence-corrected chi connectivity index (χ4v) is 3.52. The van der Waals surface area contributed by atoms with Gasteiger partial charge >= 0.3 is 6.03 Å². The molecular formula is C17H22N4OS. The third-order valence-corrected chi connectivity index (χ3v) is 4.88. The van der Waals surface area contributed by atoms with Crippen LogP contribution in [0.15, 0.2) is 35.5 Å². The molecular weight excluding hydrogens is 308 g/mol. The van der Waals surface area contributed by atoms with Crippen LogP contribution in [0.4, 0.5) is 10.5 Å². The number of carbonyl (C=O) groups is 1. The topological polar surface area (TPSA) is 40.8 Å². The molecule has 3 rings (SSSR count). The normalized spacial score (nSPS) is 15.3. The number of rotatable bonds is 2. The minimum Gasteiger partial charge on any atom is -0.378 e. The Hall–Kier alpha value is -2.08.